The van der Waals surface area contributed by atoms with Crippen molar-refractivity contribution in [2.75, 3.05) is 0 Å². The molecule has 5 rings (SSSR count). The molecule has 0 saturated carbocycles. The van der Waals surface area contributed by atoms with Crippen LogP contribution in [0.1, 0.15) is 5.69 Å². The van der Waals surface area contributed by atoms with Crippen molar-refractivity contribution in [1.29, 1.82) is 0 Å². The second kappa shape index (κ2) is 5.99. The standard InChI is InChI=1S/C22H13F3N2O/c23-22(24,25)20-18-13-19(16-11-10-14-6-4-5-7-15(14)12-16)28-21(18)27(26-20)17-8-2-1-3-9-17/h1-13H. The van der Waals surface area contributed by atoms with Gasteiger partial charge in [0.15, 0.2) is 5.69 Å². The average Bonchev–Trinajstić information content (AvgIpc) is 3.27. The van der Waals surface area contributed by atoms with Gasteiger partial charge < -0.3 is 4.42 Å². The number of para-hydroxylation sites is 1. The Balaban J connectivity index is 1.74. The first kappa shape index (κ1) is 16.6. The van der Waals surface area contributed by atoms with Gasteiger partial charge in [0, 0.05) is 5.56 Å². The largest absolute Gasteiger partial charge is 0.438 e. The van der Waals surface area contributed by atoms with Crippen molar-refractivity contribution in [3.05, 3.63) is 84.6 Å². The molecular formula is C22H13F3N2O. The molecule has 6 heteroatoms. The fourth-order valence-electron chi connectivity index (χ4n) is 3.35. The number of furan rings is 1. The summed E-state index contributed by atoms with van der Waals surface area (Å²) in [5, 5.41) is 5.75. The highest BCUT2D eigenvalue weighted by molar-refractivity contribution is 5.89. The fourth-order valence-corrected chi connectivity index (χ4v) is 3.35. The lowest BCUT2D eigenvalue weighted by atomic mass is 10.1. The Hall–Kier alpha value is -3.54. The molecule has 0 fully saturated rings. The number of rotatable bonds is 2. The Morgan fingerprint density at radius 3 is 2.25 bits per heavy atom. The van der Waals surface area contributed by atoms with Gasteiger partial charge in [-0.15, -0.1) is 0 Å². The first-order valence-corrected chi connectivity index (χ1v) is 8.65. The molecule has 0 bridgehead atoms. The highest BCUT2D eigenvalue weighted by Gasteiger charge is 2.38. The number of halogens is 3. The van der Waals surface area contributed by atoms with E-state index >= 15 is 0 Å². The molecule has 2 heterocycles. The maximum absolute atomic E-state index is 13.5. The zero-order valence-corrected chi connectivity index (χ0v) is 14.4. The van der Waals surface area contributed by atoms with E-state index in [1.54, 1.807) is 30.3 Å². The predicted molar refractivity (Wildman–Crippen MR) is 101 cm³/mol. The van der Waals surface area contributed by atoms with Crippen LogP contribution in [0.4, 0.5) is 13.2 Å². The Morgan fingerprint density at radius 1 is 0.786 bits per heavy atom. The molecule has 138 valence electrons. The fraction of sp³-hybridized carbons (Fsp3) is 0.0455. The monoisotopic (exact) mass is 378 g/mol. The quantitative estimate of drug-likeness (QED) is 0.353. The molecule has 0 aliphatic carbocycles. The number of benzene rings is 3. The van der Waals surface area contributed by atoms with Crippen LogP contribution in [0.15, 0.2) is 83.3 Å². The maximum Gasteiger partial charge on any atom is 0.435 e. The molecule has 0 amide bonds. The third-order valence-corrected chi connectivity index (χ3v) is 4.66. The number of hydrogen-bond acceptors (Lipinski definition) is 2. The first-order chi connectivity index (χ1) is 13.5. The van der Waals surface area contributed by atoms with Crippen LogP contribution in [0.2, 0.25) is 0 Å². The summed E-state index contributed by atoms with van der Waals surface area (Å²) < 4.78 is 47.7. The maximum atomic E-state index is 13.5. The molecule has 28 heavy (non-hydrogen) atoms. The molecule has 2 aromatic heterocycles. The van der Waals surface area contributed by atoms with Crippen molar-refractivity contribution in [2.45, 2.75) is 6.18 Å². The average molecular weight is 378 g/mol. The van der Waals surface area contributed by atoms with E-state index in [2.05, 4.69) is 5.10 Å². The van der Waals surface area contributed by atoms with Crippen molar-refractivity contribution in [3.63, 3.8) is 0 Å². The highest BCUT2D eigenvalue weighted by Crippen LogP contribution is 2.39. The predicted octanol–water partition coefficient (Wildman–Crippen LogP) is 6.46. The van der Waals surface area contributed by atoms with Gasteiger partial charge in [0.2, 0.25) is 5.71 Å². The van der Waals surface area contributed by atoms with Gasteiger partial charge in [-0.3, -0.25) is 0 Å². The van der Waals surface area contributed by atoms with E-state index in [-0.39, 0.29) is 11.1 Å². The van der Waals surface area contributed by atoms with Crippen molar-refractivity contribution in [3.8, 4) is 17.0 Å². The van der Waals surface area contributed by atoms with Crippen molar-refractivity contribution < 1.29 is 17.6 Å². The minimum atomic E-state index is -4.58. The molecule has 3 nitrogen and oxygen atoms in total. The highest BCUT2D eigenvalue weighted by atomic mass is 19.4. The number of alkyl halides is 3. The Labute approximate surface area is 157 Å². The van der Waals surface area contributed by atoms with Gasteiger partial charge in [-0.2, -0.15) is 23.0 Å². The second-order valence-corrected chi connectivity index (χ2v) is 6.49. The van der Waals surface area contributed by atoms with E-state index in [1.807, 2.05) is 42.5 Å². The summed E-state index contributed by atoms with van der Waals surface area (Å²) in [7, 11) is 0. The SMILES string of the molecule is FC(F)(F)c1nn(-c2ccccc2)c2oc(-c3ccc4ccccc4c3)cc12. The summed E-state index contributed by atoms with van der Waals surface area (Å²) in [6.45, 7) is 0. The minimum Gasteiger partial charge on any atom is -0.438 e. The Bertz CT molecular complexity index is 1300. The summed E-state index contributed by atoms with van der Waals surface area (Å²) >= 11 is 0. The molecule has 5 aromatic rings. The van der Waals surface area contributed by atoms with E-state index in [9.17, 15) is 13.2 Å². The van der Waals surface area contributed by atoms with Gasteiger partial charge in [-0.05, 0) is 35.0 Å². The minimum absolute atomic E-state index is 0.0560. The summed E-state index contributed by atoms with van der Waals surface area (Å²) in [6, 6.07) is 23.5. The summed E-state index contributed by atoms with van der Waals surface area (Å²) in [5.41, 5.74) is 0.328. The van der Waals surface area contributed by atoms with E-state index < -0.39 is 11.9 Å². The number of aromatic nitrogens is 2. The number of fused-ring (bicyclic) bond motifs is 2. The van der Waals surface area contributed by atoms with Gasteiger partial charge in [0.1, 0.15) is 5.76 Å². The zero-order valence-electron chi connectivity index (χ0n) is 14.4. The Morgan fingerprint density at radius 2 is 1.50 bits per heavy atom. The lowest BCUT2D eigenvalue weighted by Gasteiger charge is -2.04. The van der Waals surface area contributed by atoms with Gasteiger partial charge in [0.05, 0.1) is 11.1 Å². The van der Waals surface area contributed by atoms with Crippen LogP contribution in [-0.2, 0) is 6.18 Å². The third kappa shape index (κ3) is 2.65. The third-order valence-electron chi connectivity index (χ3n) is 4.66. The van der Waals surface area contributed by atoms with Crippen LogP contribution in [0.5, 0.6) is 0 Å². The number of nitrogens with zero attached hydrogens (tertiary/aromatic N) is 2. The summed E-state index contributed by atoms with van der Waals surface area (Å²) in [4.78, 5) is 0. The van der Waals surface area contributed by atoms with Crippen LogP contribution in [-0.4, -0.2) is 9.78 Å². The second-order valence-electron chi connectivity index (χ2n) is 6.49. The smallest absolute Gasteiger partial charge is 0.435 e. The molecule has 0 aliphatic rings. The summed E-state index contributed by atoms with van der Waals surface area (Å²) in [5.74, 6) is 0.369. The molecule has 0 unspecified atom stereocenters. The van der Waals surface area contributed by atoms with Crippen LogP contribution >= 0.6 is 0 Å². The van der Waals surface area contributed by atoms with Crippen molar-refractivity contribution in [2.24, 2.45) is 0 Å². The molecule has 0 saturated heterocycles. The molecular weight excluding hydrogens is 365 g/mol. The van der Waals surface area contributed by atoms with E-state index in [4.69, 9.17) is 4.42 Å². The molecule has 3 aromatic carbocycles. The zero-order chi connectivity index (χ0) is 19.3. The van der Waals surface area contributed by atoms with Gasteiger partial charge in [-0.25, -0.2) is 0 Å². The molecule has 0 radical (unpaired) electrons. The van der Waals surface area contributed by atoms with E-state index in [0.29, 0.717) is 17.0 Å². The first-order valence-electron chi connectivity index (χ1n) is 8.65. The van der Waals surface area contributed by atoms with Crippen molar-refractivity contribution >= 4 is 21.9 Å². The number of hydrogen-bond donors (Lipinski definition) is 0. The lowest BCUT2D eigenvalue weighted by molar-refractivity contribution is -0.140. The normalized spacial score (nSPS) is 12.1. The van der Waals surface area contributed by atoms with Gasteiger partial charge in [0.25, 0.3) is 0 Å². The van der Waals surface area contributed by atoms with E-state index in [0.717, 1.165) is 10.8 Å². The summed E-state index contributed by atoms with van der Waals surface area (Å²) in [6.07, 6.45) is -4.58. The van der Waals surface area contributed by atoms with Crippen molar-refractivity contribution in [1.82, 2.24) is 9.78 Å². The molecule has 0 aliphatic heterocycles. The van der Waals surface area contributed by atoms with Crippen LogP contribution in [0.3, 0.4) is 0 Å². The molecule has 0 atom stereocenters. The Kier molecular flexibility index (Phi) is 3.55. The molecule has 0 N–H and O–H groups in total. The van der Waals surface area contributed by atoms with Crippen LogP contribution in [0, 0.1) is 0 Å². The van der Waals surface area contributed by atoms with Crippen LogP contribution < -0.4 is 0 Å². The van der Waals surface area contributed by atoms with Gasteiger partial charge >= 0.3 is 6.18 Å². The van der Waals surface area contributed by atoms with Gasteiger partial charge in [-0.1, -0.05) is 54.6 Å². The topological polar surface area (TPSA) is 31.0 Å². The molecule has 0 spiro atoms. The van der Waals surface area contributed by atoms with Crippen LogP contribution in [0.25, 0.3) is 38.9 Å². The van der Waals surface area contributed by atoms with E-state index in [1.165, 1.54) is 10.7 Å². The lowest BCUT2D eigenvalue weighted by Crippen LogP contribution is -2.07.